The summed E-state index contributed by atoms with van der Waals surface area (Å²) in [6, 6.07) is 22.7. The SMILES string of the molecule is CCCCCCCCCCCCCCCCCCCC(c1[nH]cc[n+]1CCCCCCCCCCCCCC)C(C)(Cc1ccccc1)c1ccccc1. The molecular weight excluding hydrogens is 653 g/mol. The third-order valence-corrected chi connectivity index (χ3v) is 12.6. The molecule has 2 unspecified atom stereocenters. The van der Waals surface area contributed by atoms with Crippen LogP contribution in [0.15, 0.2) is 73.1 Å². The van der Waals surface area contributed by atoms with Gasteiger partial charge in [-0.3, -0.25) is 0 Å². The first-order chi connectivity index (χ1) is 26.7. The van der Waals surface area contributed by atoms with Gasteiger partial charge in [-0.05, 0) is 36.8 Å². The highest BCUT2D eigenvalue weighted by atomic mass is 15.1. The van der Waals surface area contributed by atoms with Crippen molar-refractivity contribution < 1.29 is 4.57 Å². The van der Waals surface area contributed by atoms with Gasteiger partial charge in [-0.1, -0.05) is 255 Å². The van der Waals surface area contributed by atoms with Crippen LogP contribution >= 0.6 is 0 Å². The molecule has 3 rings (SSSR count). The Kier molecular flexibility index (Phi) is 26.3. The van der Waals surface area contributed by atoms with Crippen LogP contribution in [0.1, 0.15) is 236 Å². The second-order valence-electron chi connectivity index (χ2n) is 17.4. The fourth-order valence-corrected chi connectivity index (χ4v) is 9.09. The van der Waals surface area contributed by atoms with Gasteiger partial charge in [0, 0.05) is 5.41 Å². The van der Waals surface area contributed by atoms with Crippen molar-refractivity contribution in [1.82, 2.24) is 4.98 Å². The minimum atomic E-state index is 0.000802. The minimum absolute atomic E-state index is 0.000802. The molecule has 0 saturated carbocycles. The number of nitrogens with one attached hydrogen (secondary N) is 1. The first-order valence-electron chi connectivity index (χ1n) is 23.8. The molecule has 0 fully saturated rings. The van der Waals surface area contributed by atoms with E-state index in [0.29, 0.717) is 5.92 Å². The van der Waals surface area contributed by atoms with E-state index in [0.717, 1.165) is 13.0 Å². The third-order valence-electron chi connectivity index (χ3n) is 12.6. The van der Waals surface area contributed by atoms with Crippen molar-refractivity contribution >= 4 is 0 Å². The van der Waals surface area contributed by atoms with Crippen molar-refractivity contribution in [2.45, 2.75) is 238 Å². The summed E-state index contributed by atoms with van der Waals surface area (Å²) in [4.78, 5) is 3.83. The summed E-state index contributed by atoms with van der Waals surface area (Å²) < 4.78 is 2.60. The number of H-pyrrole nitrogens is 1. The molecular formula is C52H87N2+. The summed E-state index contributed by atoms with van der Waals surface area (Å²) in [5, 5.41) is 0. The predicted molar refractivity (Wildman–Crippen MR) is 238 cm³/mol. The van der Waals surface area contributed by atoms with Gasteiger partial charge in [0.25, 0.3) is 5.82 Å². The maximum atomic E-state index is 3.83. The van der Waals surface area contributed by atoms with Crippen molar-refractivity contribution in [3.63, 3.8) is 0 Å². The van der Waals surface area contributed by atoms with Crippen molar-refractivity contribution in [3.8, 4) is 0 Å². The quantitative estimate of drug-likeness (QED) is 0.0453. The number of benzene rings is 2. The number of nitrogens with zero attached hydrogens (tertiary/aromatic N) is 1. The maximum Gasteiger partial charge on any atom is 0.258 e. The summed E-state index contributed by atoms with van der Waals surface area (Å²) in [7, 11) is 0. The fraction of sp³-hybridized carbons (Fsp3) is 0.712. The molecule has 54 heavy (non-hydrogen) atoms. The molecule has 0 saturated heterocycles. The van der Waals surface area contributed by atoms with Crippen molar-refractivity contribution in [3.05, 3.63) is 90.0 Å². The number of aromatic amines is 1. The highest BCUT2D eigenvalue weighted by Crippen LogP contribution is 2.43. The standard InChI is InChI=1S/C52H86N2/c1-4-6-8-10-12-14-16-18-19-20-21-22-23-25-27-29-37-43-50(52(3,49-41-35-32-36-42-49)47-48-39-33-31-34-40-48)51-53-44-46-54(51)45-38-30-28-26-24-17-15-13-11-9-7-5-2/h31-36,39-42,44,46,50H,4-30,37-38,43,45,47H2,1-3H3/p+1. The monoisotopic (exact) mass is 740 g/mol. The predicted octanol–water partition coefficient (Wildman–Crippen LogP) is 16.3. The number of imidazole rings is 1. The average Bonchev–Trinajstić information content (AvgIpc) is 3.66. The summed E-state index contributed by atoms with van der Waals surface area (Å²) in [6.07, 6.45) is 47.8. The van der Waals surface area contributed by atoms with Crippen molar-refractivity contribution in [1.29, 1.82) is 0 Å². The number of unbranched alkanes of at least 4 members (excludes halogenated alkanes) is 27. The van der Waals surface area contributed by atoms with Crippen LogP contribution in [-0.2, 0) is 18.4 Å². The van der Waals surface area contributed by atoms with Crippen LogP contribution in [0.3, 0.4) is 0 Å². The lowest BCUT2D eigenvalue weighted by Gasteiger charge is -2.37. The number of hydrogen-bond acceptors (Lipinski definition) is 0. The van der Waals surface area contributed by atoms with Gasteiger partial charge in [0.05, 0.1) is 12.5 Å². The number of aromatic nitrogens is 2. The Balaban J connectivity index is 1.48. The molecule has 1 heterocycles. The first kappa shape index (κ1) is 46.0. The highest BCUT2D eigenvalue weighted by molar-refractivity contribution is 5.32. The van der Waals surface area contributed by atoms with Crippen molar-refractivity contribution in [2.75, 3.05) is 0 Å². The highest BCUT2D eigenvalue weighted by Gasteiger charge is 2.42. The van der Waals surface area contributed by atoms with Gasteiger partial charge in [-0.2, -0.15) is 0 Å². The number of rotatable bonds is 36. The lowest BCUT2D eigenvalue weighted by Crippen LogP contribution is -2.43. The van der Waals surface area contributed by atoms with Crippen LogP contribution < -0.4 is 4.57 Å². The van der Waals surface area contributed by atoms with Crippen molar-refractivity contribution in [2.24, 2.45) is 0 Å². The summed E-state index contributed by atoms with van der Waals surface area (Å²) in [5.74, 6) is 1.88. The Morgan fingerprint density at radius 3 is 1.31 bits per heavy atom. The Labute approximate surface area is 336 Å². The molecule has 0 aliphatic carbocycles. The zero-order valence-corrected chi connectivity index (χ0v) is 36.1. The molecule has 0 amide bonds. The molecule has 0 aliphatic rings. The summed E-state index contributed by atoms with van der Waals surface area (Å²) in [6.45, 7) is 8.31. The molecule has 1 aromatic heterocycles. The Bertz CT molecular complexity index is 1230. The van der Waals surface area contributed by atoms with Crippen LogP contribution in [0.4, 0.5) is 0 Å². The smallest absolute Gasteiger partial charge is 0.247 e. The van der Waals surface area contributed by atoms with Gasteiger partial charge in [0.1, 0.15) is 12.4 Å². The zero-order chi connectivity index (χ0) is 38.2. The van der Waals surface area contributed by atoms with E-state index in [2.05, 4.69) is 103 Å². The molecule has 0 aliphatic heterocycles. The molecule has 0 radical (unpaired) electrons. The van der Waals surface area contributed by atoms with Crippen LogP contribution in [0.5, 0.6) is 0 Å². The molecule has 2 heteroatoms. The Hall–Kier alpha value is -2.35. The lowest BCUT2D eigenvalue weighted by atomic mass is 9.66. The molecule has 2 nitrogen and oxygen atoms in total. The van der Waals surface area contributed by atoms with Gasteiger partial charge >= 0.3 is 0 Å². The maximum absolute atomic E-state index is 3.83. The van der Waals surface area contributed by atoms with E-state index in [9.17, 15) is 0 Å². The first-order valence-corrected chi connectivity index (χ1v) is 23.8. The van der Waals surface area contributed by atoms with Crippen LogP contribution in [-0.4, -0.2) is 4.98 Å². The van der Waals surface area contributed by atoms with Gasteiger partial charge in [0.2, 0.25) is 0 Å². The third kappa shape index (κ3) is 19.5. The average molecular weight is 740 g/mol. The number of hydrogen-bond donors (Lipinski definition) is 1. The number of aryl methyl sites for hydroxylation is 1. The second-order valence-corrected chi connectivity index (χ2v) is 17.4. The van der Waals surface area contributed by atoms with Crippen LogP contribution in [0.2, 0.25) is 0 Å². The second kappa shape index (κ2) is 30.8. The normalized spacial score (nSPS) is 13.3. The van der Waals surface area contributed by atoms with E-state index in [4.69, 9.17) is 0 Å². The van der Waals surface area contributed by atoms with E-state index in [1.165, 1.54) is 210 Å². The molecule has 2 aromatic carbocycles. The van der Waals surface area contributed by atoms with Gasteiger partial charge in [0.15, 0.2) is 0 Å². The molecule has 2 atom stereocenters. The fourth-order valence-electron chi connectivity index (χ4n) is 9.09. The van der Waals surface area contributed by atoms with Crippen LogP contribution in [0.25, 0.3) is 0 Å². The summed E-state index contributed by atoms with van der Waals surface area (Å²) >= 11 is 0. The molecule has 1 N–H and O–H groups in total. The van der Waals surface area contributed by atoms with Gasteiger partial charge < -0.3 is 0 Å². The lowest BCUT2D eigenvalue weighted by molar-refractivity contribution is -0.705. The van der Waals surface area contributed by atoms with E-state index in [1.807, 2.05) is 0 Å². The minimum Gasteiger partial charge on any atom is -0.247 e. The van der Waals surface area contributed by atoms with Gasteiger partial charge in [-0.15, -0.1) is 0 Å². The van der Waals surface area contributed by atoms with Crippen LogP contribution in [0, 0.1) is 0 Å². The van der Waals surface area contributed by atoms with E-state index >= 15 is 0 Å². The van der Waals surface area contributed by atoms with E-state index in [-0.39, 0.29) is 5.41 Å². The molecule has 304 valence electrons. The molecule has 3 aromatic rings. The van der Waals surface area contributed by atoms with E-state index in [1.54, 1.807) is 0 Å². The van der Waals surface area contributed by atoms with Gasteiger partial charge in [-0.25, -0.2) is 9.55 Å². The molecule has 0 bridgehead atoms. The summed E-state index contributed by atoms with van der Waals surface area (Å²) in [5.41, 5.74) is 2.91. The Morgan fingerprint density at radius 2 is 0.870 bits per heavy atom. The Morgan fingerprint density at radius 1 is 0.481 bits per heavy atom. The largest absolute Gasteiger partial charge is 0.258 e. The topological polar surface area (TPSA) is 19.7 Å². The van der Waals surface area contributed by atoms with E-state index < -0.39 is 0 Å². The molecule has 0 spiro atoms. The zero-order valence-electron chi connectivity index (χ0n) is 36.1.